The van der Waals surface area contributed by atoms with Crippen LogP contribution in [0.4, 0.5) is 5.69 Å². The lowest BCUT2D eigenvalue weighted by Gasteiger charge is -2.19. The van der Waals surface area contributed by atoms with Gasteiger partial charge in [-0.3, -0.25) is 14.5 Å². The molecule has 3 fully saturated rings. The van der Waals surface area contributed by atoms with Crippen LogP contribution in [0.2, 0.25) is 0 Å². The molecule has 3 aliphatic rings. The molecular weight excluding hydrogens is 318 g/mol. The molecule has 1 aromatic carbocycles. The second kappa shape index (κ2) is 6.28. The van der Waals surface area contributed by atoms with E-state index in [-0.39, 0.29) is 23.7 Å². The number of amides is 2. The first-order valence-electron chi connectivity index (χ1n) is 9.26. The highest BCUT2D eigenvalue weighted by atomic mass is 16.5. The van der Waals surface area contributed by atoms with Crippen molar-refractivity contribution in [3.63, 3.8) is 0 Å². The zero-order valence-electron chi connectivity index (χ0n) is 14.4. The molecule has 4 rings (SSSR count). The van der Waals surface area contributed by atoms with Crippen LogP contribution in [-0.4, -0.2) is 24.4 Å². The number of carbonyl (C=O) groups excluding carboxylic acids is 3. The van der Waals surface area contributed by atoms with Crippen molar-refractivity contribution in [3.05, 3.63) is 29.8 Å². The summed E-state index contributed by atoms with van der Waals surface area (Å²) in [5, 5.41) is 0. The molecule has 2 bridgehead atoms. The van der Waals surface area contributed by atoms with Gasteiger partial charge in [-0.15, -0.1) is 0 Å². The smallest absolute Gasteiger partial charge is 0.338 e. The fraction of sp³-hybridized carbons (Fsp3) is 0.550. The van der Waals surface area contributed by atoms with Crippen molar-refractivity contribution in [3.8, 4) is 0 Å². The van der Waals surface area contributed by atoms with E-state index in [1.165, 1.54) is 4.90 Å². The number of ether oxygens (including phenoxy) is 1. The van der Waals surface area contributed by atoms with E-state index in [4.69, 9.17) is 4.74 Å². The normalized spacial score (nSPS) is 30.0. The molecule has 2 amide bonds. The molecule has 0 N–H and O–H groups in total. The molecule has 5 heteroatoms. The van der Waals surface area contributed by atoms with Crippen molar-refractivity contribution in [2.24, 2.45) is 23.7 Å². The third-order valence-electron chi connectivity index (χ3n) is 6.00. The summed E-state index contributed by atoms with van der Waals surface area (Å²) in [5.74, 6) is -0.151. The van der Waals surface area contributed by atoms with E-state index in [1.54, 1.807) is 24.3 Å². The van der Waals surface area contributed by atoms with Gasteiger partial charge in [0, 0.05) is 0 Å². The molecule has 0 aromatic heterocycles. The van der Waals surface area contributed by atoms with Crippen LogP contribution in [-0.2, 0) is 14.3 Å². The summed E-state index contributed by atoms with van der Waals surface area (Å²) in [6, 6.07) is 6.69. The Labute approximate surface area is 147 Å². The standard InChI is InChI=1S/C20H23NO4/c1-2-3-9-25-20(24)14-5-4-6-15(11-14)21-18(22)16-12-7-8-13(10-12)17(16)19(21)23/h4-6,11-13,16-17H,2-3,7-10H2,1H3/t12-,13-,16-,17+/m0/s1. The highest BCUT2D eigenvalue weighted by Gasteiger charge is 2.61. The Morgan fingerprint density at radius 2 is 1.84 bits per heavy atom. The molecule has 1 saturated heterocycles. The van der Waals surface area contributed by atoms with Crippen molar-refractivity contribution in [1.29, 1.82) is 0 Å². The predicted molar refractivity (Wildman–Crippen MR) is 91.9 cm³/mol. The fourth-order valence-electron chi connectivity index (χ4n) is 4.83. The van der Waals surface area contributed by atoms with E-state index in [0.717, 1.165) is 32.1 Å². The van der Waals surface area contributed by atoms with Gasteiger partial charge in [-0.1, -0.05) is 19.4 Å². The van der Waals surface area contributed by atoms with E-state index >= 15 is 0 Å². The van der Waals surface area contributed by atoms with Gasteiger partial charge >= 0.3 is 5.97 Å². The first-order valence-corrected chi connectivity index (χ1v) is 9.26. The van der Waals surface area contributed by atoms with Crippen LogP contribution in [0.15, 0.2) is 24.3 Å². The maximum absolute atomic E-state index is 12.9. The first-order chi connectivity index (χ1) is 12.1. The minimum Gasteiger partial charge on any atom is -0.462 e. The molecule has 0 unspecified atom stereocenters. The van der Waals surface area contributed by atoms with Crippen molar-refractivity contribution in [2.75, 3.05) is 11.5 Å². The molecule has 1 aliphatic heterocycles. The number of rotatable bonds is 5. The van der Waals surface area contributed by atoms with E-state index < -0.39 is 5.97 Å². The highest BCUT2D eigenvalue weighted by molar-refractivity contribution is 6.22. The van der Waals surface area contributed by atoms with Crippen LogP contribution >= 0.6 is 0 Å². The van der Waals surface area contributed by atoms with E-state index in [1.807, 2.05) is 6.92 Å². The Balaban J connectivity index is 1.56. The first kappa shape index (κ1) is 16.3. The summed E-state index contributed by atoms with van der Waals surface area (Å²) in [4.78, 5) is 39.2. The summed E-state index contributed by atoms with van der Waals surface area (Å²) < 4.78 is 5.23. The highest BCUT2D eigenvalue weighted by Crippen LogP contribution is 2.56. The molecule has 0 radical (unpaired) electrons. The maximum atomic E-state index is 12.9. The molecule has 1 aromatic rings. The number of esters is 1. The fourth-order valence-corrected chi connectivity index (χ4v) is 4.83. The van der Waals surface area contributed by atoms with Crippen LogP contribution in [0.1, 0.15) is 49.4 Å². The zero-order chi connectivity index (χ0) is 17.6. The van der Waals surface area contributed by atoms with Gasteiger partial charge in [0.2, 0.25) is 11.8 Å². The Morgan fingerprint density at radius 1 is 1.16 bits per heavy atom. The number of nitrogens with zero attached hydrogens (tertiary/aromatic N) is 1. The number of imide groups is 1. The van der Waals surface area contributed by atoms with Gasteiger partial charge in [0.05, 0.1) is 29.7 Å². The van der Waals surface area contributed by atoms with Gasteiger partial charge < -0.3 is 4.74 Å². The van der Waals surface area contributed by atoms with Crippen LogP contribution in [0.3, 0.4) is 0 Å². The lowest BCUT2D eigenvalue weighted by atomic mass is 9.81. The minimum absolute atomic E-state index is 0.0845. The Kier molecular flexibility index (Phi) is 4.10. The monoisotopic (exact) mass is 341 g/mol. The van der Waals surface area contributed by atoms with E-state index in [2.05, 4.69) is 0 Å². The maximum Gasteiger partial charge on any atom is 0.338 e. The molecular formula is C20H23NO4. The SMILES string of the molecule is CCCCOC(=O)c1cccc(N2C(=O)[C@@H]3[C@H]4CC[C@@H](C4)[C@@H]3C2=O)c1. The molecule has 132 valence electrons. The lowest BCUT2D eigenvalue weighted by Crippen LogP contribution is -2.32. The van der Waals surface area contributed by atoms with Gasteiger partial charge in [0.25, 0.3) is 0 Å². The lowest BCUT2D eigenvalue weighted by molar-refractivity contribution is -0.123. The van der Waals surface area contributed by atoms with Crippen molar-refractivity contribution >= 4 is 23.5 Å². The quantitative estimate of drug-likeness (QED) is 0.469. The van der Waals surface area contributed by atoms with Crippen LogP contribution in [0, 0.1) is 23.7 Å². The summed E-state index contributed by atoms with van der Waals surface area (Å²) in [7, 11) is 0. The number of unbranched alkanes of at least 4 members (excludes halogenated alkanes) is 1. The summed E-state index contributed by atoms with van der Waals surface area (Å²) >= 11 is 0. The second-order valence-corrected chi connectivity index (χ2v) is 7.44. The average molecular weight is 341 g/mol. The van der Waals surface area contributed by atoms with Crippen molar-refractivity contribution in [1.82, 2.24) is 0 Å². The van der Waals surface area contributed by atoms with Crippen molar-refractivity contribution < 1.29 is 19.1 Å². The summed E-state index contributed by atoms with van der Waals surface area (Å²) in [5.41, 5.74) is 0.878. The summed E-state index contributed by atoms with van der Waals surface area (Å²) in [6.07, 6.45) is 4.91. The summed E-state index contributed by atoms with van der Waals surface area (Å²) in [6.45, 7) is 2.41. The van der Waals surface area contributed by atoms with Crippen LogP contribution < -0.4 is 4.90 Å². The Bertz CT molecular complexity index is 700. The minimum atomic E-state index is -0.408. The number of fused-ring (bicyclic) bond motifs is 5. The number of hydrogen-bond donors (Lipinski definition) is 0. The molecule has 2 aliphatic carbocycles. The van der Waals surface area contributed by atoms with Gasteiger partial charge in [-0.05, 0) is 55.7 Å². The molecule has 2 saturated carbocycles. The molecule has 25 heavy (non-hydrogen) atoms. The third kappa shape index (κ3) is 2.57. The van der Waals surface area contributed by atoms with Crippen LogP contribution in [0.5, 0.6) is 0 Å². The largest absolute Gasteiger partial charge is 0.462 e. The molecule has 5 nitrogen and oxygen atoms in total. The van der Waals surface area contributed by atoms with Crippen LogP contribution in [0.25, 0.3) is 0 Å². The number of benzene rings is 1. The average Bonchev–Trinajstić information content (AvgIpc) is 3.29. The topological polar surface area (TPSA) is 63.7 Å². The second-order valence-electron chi connectivity index (χ2n) is 7.44. The number of anilines is 1. The predicted octanol–water partition coefficient (Wildman–Crippen LogP) is 3.18. The van der Waals surface area contributed by atoms with Gasteiger partial charge in [0.1, 0.15) is 0 Å². The number of carbonyl (C=O) groups is 3. The zero-order valence-corrected chi connectivity index (χ0v) is 14.4. The molecule has 1 heterocycles. The Hall–Kier alpha value is -2.17. The number of hydrogen-bond acceptors (Lipinski definition) is 4. The van der Waals surface area contributed by atoms with E-state index in [0.29, 0.717) is 29.7 Å². The van der Waals surface area contributed by atoms with E-state index in [9.17, 15) is 14.4 Å². The third-order valence-corrected chi connectivity index (χ3v) is 6.00. The van der Waals surface area contributed by atoms with Crippen molar-refractivity contribution in [2.45, 2.75) is 39.0 Å². The molecule has 4 atom stereocenters. The van der Waals surface area contributed by atoms with Gasteiger partial charge in [-0.2, -0.15) is 0 Å². The Morgan fingerprint density at radius 3 is 2.48 bits per heavy atom. The molecule has 0 spiro atoms. The van der Waals surface area contributed by atoms with Gasteiger partial charge in [0.15, 0.2) is 0 Å². The van der Waals surface area contributed by atoms with Gasteiger partial charge in [-0.25, -0.2) is 4.79 Å².